The fraction of sp³-hybridized carbons (Fsp3) is 0.500. The first-order valence-electron chi connectivity index (χ1n) is 13.8. The minimum Gasteiger partial charge on any atom is -0.487 e. The second kappa shape index (κ2) is 13.6. The average Bonchev–Trinajstić information content (AvgIpc) is 3.26. The van der Waals surface area contributed by atoms with Gasteiger partial charge in [0.05, 0.1) is 11.7 Å². The number of nitrogens with zero attached hydrogens (tertiary/aromatic N) is 2. The molecule has 3 rings (SSSR count). The van der Waals surface area contributed by atoms with Crippen LogP contribution in [0.1, 0.15) is 52.2 Å². The Bertz CT molecular complexity index is 1310. The van der Waals surface area contributed by atoms with Crippen molar-refractivity contribution in [1.29, 1.82) is 0 Å². The summed E-state index contributed by atoms with van der Waals surface area (Å²) in [6.45, 7) is 7.71. The maximum Gasteiger partial charge on any atom is 0.471 e. The predicted octanol–water partition coefficient (Wildman–Crippen LogP) is 5.69. The van der Waals surface area contributed by atoms with Crippen LogP contribution in [0.3, 0.4) is 0 Å². The van der Waals surface area contributed by atoms with Crippen LogP contribution in [0.2, 0.25) is 0 Å². The number of amides is 2. The van der Waals surface area contributed by atoms with Gasteiger partial charge >= 0.3 is 24.1 Å². The van der Waals surface area contributed by atoms with Crippen LogP contribution in [0.4, 0.5) is 33.7 Å². The predicted molar refractivity (Wildman–Crippen MR) is 152 cm³/mol. The quantitative estimate of drug-likeness (QED) is 0.191. The van der Waals surface area contributed by atoms with Crippen LogP contribution in [0.15, 0.2) is 36.4 Å². The number of carbonyl (C=O) groups is 3. The summed E-state index contributed by atoms with van der Waals surface area (Å²) in [7, 11) is 0. The number of benzene rings is 2. The van der Waals surface area contributed by atoms with Crippen molar-refractivity contribution >= 4 is 29.3 Å². The number of nitrogens with one attached hydrogen (secondary N) is 1. The average molecular weight is 612 g/mol. The first kappa shape index (κ1) is 33.6. The minimum atomic E-state index is -5.49. The van der Waals surface area contributed by atoms with Crippen molar-refractivity contribution in [1.82, 2.24) is 5.32 Å². The fourth-order valence-corrected chi connectivity index (χ4v) is 4.66. The monoisotopic (exact) mass is 611 g/mol. The lowest BCUT2D eigenvalue weighted by Crippen LogP contribution is -2.46. The summed E-state index contributed by atoms with van der Waals surface area (Å²) in [5.41, 5.74) is -1.81. The highest BCUT2D eigenvalue weighted by atomic mass is 19.4. The van der Waals surface area contributed by atoms with Crippen molar-refractivity contribution in [3.05, 3.63) is 53.3 Å². The van der Waals surface area contributed by atoms with E-state index in [1.54, 1.807) is 30.3 Å². The van der Waals surface area contributed by atoms with E-state index in [0.717, 1.165) is 17.4 Å². The lowest BCUT2D eigenvalue weighted by Gasteiger charge is -2.28. The van der Waals surface area contributed by atoms with Crippen molar-refractivity contribution in [3.8, 4) is 5.75 Å². The molecule has 0 spiro atoms. The number of hydrogen-bond donors (Lipinski definition) is 2. The van der Waals surface area contributed by atoms with E-state index in [-0.39, 0.29) is 35.7 Å². The maximum atomic E-state index is 16.4. The molecule has 2 aromatic rings. The topological polar surface area (TPSA) is 108 Å². The van der Waals surface area contributed by atoms with Crippen LogP contribution >= 0.6 is 0 Å². The van der Waals surface area contributed by atoms with E-state index in [1.807, 2.05) is 13.8 Å². The molecule has 1 atom stereocenters. The third kappa shape index (κ3) is 8.82. The molecule has 1 aliphatic heterocycles. The van der Waals surface area contributed by atoms with Crippen molar-refractivity contribution in [2.24, 2.45) is 5.92 Å². The van der Waals surface area contributed by atoms with Gasteiger partial charge in [-0.3, -0.25) is 19.4 Å². The zero-order valence-electron chi connectivity index (χ0n) is 24.8. The highest BCUT2D eigenvalue weighted by Gasteiger charge is 2.47. The number of hydrogen-bond acceptors (Lipinski definition) is 6. The molecule has 43 heavy (non-hydrogen) atoms. The molecule has 0 radical (unpaired) electrons. The molecule has 2 N–H and O–H groups in total. The summed E-state index contributed by atoms with van der Waals surface area (Å²) in [5, 5.41) is 13.2. The van der Waals surface area contributed by atoms with Crippen molar-refractivity contribution in [2.75, 3.05) is 29.4 Å². The molecular weight excluding hydrogens is 574 g/mol. The zero-order valence-corrected chi connectivity index (χ0v) is 24.8. The van der Waals surface area contributed by atoms with Gasteiger partial charge in [-0.2, -0.15) is 13.2 Å². The molecule has 0 saturated heterocycles. The normalized spacial score (nSPS) is 14.9. The van der Waals surface area contributed by atoms with E-state index in [0.29, 0.717) is 18.0 Å². The Morgan fingerprint density at radius 3 is 2.35 bits per heavy atom. The molecule has 236 valence electrons. The van der Waals surface area contributed by atoms with Crippen LogP contribution in [0.25, 0.3) is 0 Å². The van der Waals surface area contributed by atoms with Gasteiger partial charge in [-0.1, -0.05) is 44.2 Å². The summed E-state index contributed by atoms with van der Waals surface area (Å²) < 4.78 is 68.8. The molecule has 0 unspecified atom stereocenters. The third-order valence-corrected chi connectivity index (χ3v) is 6.53. The second-order valence-corrected chi connectivity index (χ2v) is 11.7. The number of carbonyl (C=O) groups excluding carboxylic acids is 2. The van der Waals surface area contributed by atoms with E-state index < -0.39 is 59.6 Å². The number of rotatable bonds is 11. The van der Waals surface area contributed by atoms with Crippen molar-refractivity contribution in [2.45, 2.75) is 71.9 Å². The molecular formula is C30H37F4N3O6. The molecule has 0 aliphatic carbocycles. The first-order valence-corrected chi connectivity index (χ1v) is 13.8. The highest BCUT2D eigenvalue weighted by Crippen LogP contribution is 2.45. The Morgan fingerprint density at radius 1 is 1.14 bits per heavy atom. The van der Waals surface area contributed by atoms with Gasteiger partial charge in [0.1, 0.15) is 30.2 Å². The molecule has 0 aromatic heterocycles. The van der Waals surface area contributed by atoms with Gasteiger partial charge in [0.25, 0.3) is 0 Å². The lowest BCUT2D eigenvalue weighted by molar-refractivity contribution is -0.171. The lowest BCUT2D eigenvalue weighted by atomic mass is 10.1. The number of ether oxygens (including phenoxy) is 2. The number of halogens is 4. The SMILES string of the molecule is CC(C)CCNC[C@H]1Cc2c(cc(OCc3ccccc3)c(N(CC(=O)OC(C)(C)C)C(=O)C(F)(F)F)c2F)N1C(=O)O. The summed E-state index contributed by atoms with van der Waals surface area (Å²) in [6.07, 6.45) is -6.26. The van der Waals surface area contributed by atoms with Gasteiger partial charge < -0.3 is 19.9 Å². The third-order valence-electron chi connectivity index (χ3n) is 6.53. The van der Waals surface area contributed by atoms with E-state index in [2.05, 4.69) is 5.32 Å². The van der Waals surface area contributed by atoms with E-state index in [1.165, 1.54) is 20.8 Å². The van der Waals surface area contributed by atoms with Gasteiger partial charge in [-0.15, -0.1) is 0 Å². The molecule has 0 bridgehead atoms. The molecule has 1 heterocycles. The van der Waals surface area contributed by atoms with Crippen LogP contribution < -0.4 is 19.9 Å². The Hall–Kier alpha value is -3.87. The van der Waals surface area contributed by atoms with Gasteiger partial charge in [0, 0.05) is 18.2 Å². The Labute approximate surface area is 247 Å². The number of fused-ring (bicyclic) bond motifs is 1. The highest BCUT2D eigenvalue weighted by molar-refractivity contribution is 6.03. The van der Waals surface area contributed by atoms with Gasteiger partial charge in [0.2, 0.25) is 0 Å². The van der Waals surface area contributed by atoms with Crippen molar-refractivity contribution in [3.63, 3.8) is 0 Å². The number of carboxylic acid groups (broad SMARTS) is 1. The standard InChI is InChI=1S/C30H37F4N3O6/c1-18(2)11-12-35-15-20-13-21-22(37(20)28(40)41)14-23(42-17-19-9-7-6-8-10-19)26(25(21)31)36(27(39)30(32,33)34)16-24(38)43-29(3,4)5/h6-10,14,18,20,35H,11-13,15-17H2,1-5H3,(H,40,41)/t20-/m1/s1. The van der Waals surface area contributed by atoms with Gasteiger partial charge in [-0.05, 0) is 51.6 Å². The Kier molecular flexibility index (Phi) is 10.7. The molecule has 0 saturated carbocycles. The Morgan fingerprint density at radius 2 is 1.79 bits per heavy atom. The molecule has 1 aliphatic rings. The zero-order chi connectivity index (χ0) is 32.1. The Balaban J connectivity index is 2.13. The van der Waals surface area contributed by atoms with E-state index >= 15 is 4.39 Å². The van der Waals surface area contributed by atoms with Crippen LogP contribution in [-0.4, -0.2) is 60.5 Å². The molecule has 13 heteroatoms. The van der Waals surface area contributed by atoms with E-state index in [4.69, 9.17) is 9.47 Å². The fourth-order valence-electron chi connectivity index (χ4n) is 4.66. The van der Waals surface area contributed by atoms with E-state index in [9.17, 15) is 32.7 Å². The second-order valence-electron chi connectivity index (χ2n) is 11.7. The van der Waals surface area contributed by atoms with Gasteiger partial charge in [0.15, 0.2) is 5.82 Å². The largest absolute Gasteiger partial charge is 0.487 e. The summed E-state index contributed by atoms with van der Waals surface area (Å²) in [6, 6.07) is 8.74. The maximum absolute atomic E-state index is 16.4. The van der Waals surface area contributed by atoms with Crippen LogP contribution in [0, 0.1) is 11.7 Å². The number of alkyl halides is 3. The molecule has 2 aromatic carbocycles. The summed E-state index contributed by atoms with van der Waals surface area (Å²) >= 11 is 0. The number of anilines is 2. The summed E-state index contributed by atoms with van der Waals surface area (Å²) in [5.74, 6) is -5.17. The smallest absolute Gasteiger partial charge is 0.471 e. The first-order chi connectivity index (χ1) is 20.0. The van der Waals surface area contributed by atoms with Gasteiger partial charge in [-0.25, -0.2) is 9.18 Å². The number of esters is 1. The molecule has 0 fully saturated rings. The summed E-state index contributed by atoms with van der Waals surface area (Å²) in [4.78, 5) is 38.5. The molecule has 9 nitrogen and oxygen atoms in total. The van der Waals surface area contributed by atoms with Crippen molar-refractivity contribution < 1.29 is 46.5 Å². The minimum absolute atomic E-state index is 0.0522. The van der Waals surface area contributed by atoms with Crippen LogP contribution in [-0.2, 0) is 27.4 Å². The van der Waals surface area contributed by atoms with Crippen LogP contribution in [0.5, 0.6) is 5.75 Å². The molecule has 2 amide bonds.